The number of aryl methyl sites for hydroxylation is 2. The average Bonchev–Trinajstić information content (AvgIpc) is 3.28. The van der Waals surface area contributed by atoms with Gasteiger partial charge in [0, 0.05) is 60.4 Å². The van der Waals surface area contributed by atoms with Crippen molar-refractivity contribution in [2.75, 3.05) is 79.5 Å². The molecule has 0 spiro atoms. The summed E-state index contributed by atoms with van der Waals surface area (Å²) in [5.74, 6) is 3.63. The van der Waals surface area contributed by atoms with Crippen LogP contribution in [0.5, 0.6) is 11.5 Å². The number of rotatable bonds is 18. The summed E-state index contributed by atoms with van der Waals surface area (Å²) < 4.78 is 4.94. The van der Waals surface area contributed by atoms with Crippen molar-refractivity contribution < 1.29 is 19.4 Å². The minimum absolute atomic E-state index is 0.0343. The second-order valence-corrected chi connectivity index (χ2v) is 22.8. The number of hydrogen-bond acceptors (Lipinski definition) is 8. The van der Waals surface area contributed by atoms with Crippen LogP contribution >= 0.6 is 0 Å². The Hall–Kier alpha value is -4.08. The van der Waals surface area contributed by atoms with Crippen LogP contribution in [0, 0.1) is 0 Å². The summed E-state index contributed by atoms with van der Waals surface area (Å²) >= 11 is 0. The third-order valence-corrected chi connectivity index (χ3v) is 15.2. The second-order valence-electron chi connectivity index (χ2n) is 22.8. The number of benzene rings is 2. The van der Waals surface area contributed by atoms with Crippen molar-refractivity contribution in [1.29, 1.82) is 0 Å². The molecule has 2 atom stereocenters. The Bertz CT molecular complexity index is 1910. The lowest BCUT2D eigenvalue weighted by Crippen LogP contribution is -2.57. The van der Waals surface area contributed by atoms with Crippen molar-refractivity contribution in [2.24, 2.45) is 9.98 Å². The number of aliphatic imine (C=N–C) groups is 2. The van der Waals surface area contributed by atoms with Crippen LogP contribution in [0.1, 0.15) is 178 Å². The number of phenols is 2. The highest BCUT2D eigenvalue weighted by Crippen LogP contribution is 2.37. The Kier molecular flexibility index (Phi) is 17.2. The van der Waals surface area contributed by atoms with Gasteiger partial charge in [0.25, 0.3) is 0 Å². The zero-order chi connectivity index (χ0) is 46.8. The van der Waals surface area contributed by atoms with Gasteiger partial charge < -0.3 is 10.2 Å². The van der Waals surface area contributed by atoms with Crippen molar-refractivity contribution in [3.05, 3.63) is 57.6 Å². The number of nitrogens with zero attached hydrogens (tertiary/aromatic N) is 8. The first-order chi connectivity index (χ1) is 31.7. The molecule has 5 aliphatic rings. The number of fused-ring (bicyclic) bond motifs is 2. The molecule has 2 saturated heterocycles. The largest absolute Gasteiger partial charge is 0.507 e. The SMILES string of the molecule is C[N+]1=C2N(CCCCCCc3cc(C=NC4CCCCC4N=Cc4cc(CCCCCCN5CCCN6CCC[N+](C)=C56)cc(C(C)(C)C)c4O)c(O)c(C(C)(C)C)c3)CCCN2CCC1. The molecule has 0 radical (unpaired) electrons. The van der Waals surface area contributed by atoms with E-state index in [1.54, 1.807) is 0 Å². The van der Waals surface area contributed by atoms with E-state index in [2.05, 4.69) is 109 Å². The van der Waals surface area contributed by atoms with Gasteiger partial charge in [-0.15, -0.1) is 0 Å². The zero-order valence-electron chi connectivity index (χ0n) is 42.9. The molecule has 2 aromatic carbocycles. The third-order valence-electron chi connectivity index (χ3n) is 15.2. The zero-order valence-corrected chi connectivity index (χ0v) is 42.9. The molecule has 2 unspecified atom stereocenters. The van der Waals surface area contributed by atoms with E-state index in [0.29, 0.717) is 11.5 Å². The van der Waals surface area contributed by atoms with Crippen LogP contribution in [0.15, 0.2) is 34.3 Å². The monoisotopic (exact) mass is 907 g/mol. The summed E-state index contributed by atoms with van der Waals surface area (Å²) in [5.41, 5.74) is 5.83. The number of phenolic OH excluding ortho intramolecular Hbond substituents is 2. The first-order valence-corrected chi connectivity index (χ1v) is 26.6. The maximum atomic E-state index is 11.6. The Balaban J connectivity index is 0.954. The molecule has 1 saturated carbocycles. The van der Waals surface area contributed by atoms with E-state index in [4.69, 9.17) is 9.98 Å². The summed E-state index contributed by atoms with van der Waals surface area (Å²) in [4.78, 5) is 20.9. The van der Waals surface area contributed by atoms with Crippen molar-refractivity contribution >= 4 is 24.3 Å². The van der Waals surface area contributed by atoms with Crippen LogP contribution in [-0.2, 0) is 23.7 Å². The van der Waals surface area contributed by atoms with Crippen LogP contribution in [0.2, 0.25) is 0 Å². The molecule has 1 aliphatic carbocycles. The standard InChI is InChI=1S/C56H88N8O2/c1-55(2,3)47-39-43(23-13-9-11-17-29-61-33-21-35-63-31-19-27-59(7)53(61)63)37-45(51(47)65)41-57-49-25-15-16-26-50(49)58-42-46-38-44(40-48(52(46)66)56(4,5)6)24-14-10-12-18-30-62-34-22-36-64-32-20-28-60(8)54(62)64/h37-42,49-50H,9-36H2,1-8H3/p+2. The van der Waals surface area contributed by atoms with Crippen molar-refractivity contribution in [3.63, 3.8) is 0 Å². The number of unbranched alkanes of at least 4 members (excludes halogenated alkanes) is 6. The van der Waals surface area contributed by atoms with Gasteiger partial charge in [-0.25, -0.2) is 0 Å². The van der Waals surface area contributed by atoms with Crippen LogP contribution in [0.3, 0.4) is 0 Å². The summed E-state index contributed by atoms with van der Waals surface area (Å²) in [6.07, 6.45) is 24.8. The molecule has 3 fully saturated rings. The molecule has 2 aromatic rings. The van der Waals surface area contributed by atoms with Crippen LogP contribution in [-0.4, -0.2) is 155 Å². The van der Waals surface area contributed by atoms with Gasteiger partial charge >= 0.3 is 11.9 Å². The first kappa shape index (κ1) is 49.8. The molecule has 7 rings (SSSR count). The molecular formula is C56H90N8O2+2. The molecule has 10 heteroatoms. The van der Waals surface area contributed by atoms with E-state index >= 15 is 0 Å². The second kappa shape index (κ2) is 22.8. The van der Waals surface area contributed by atoms with Gasteiger partial charge in [0.1, 0.15) is 11.5 Å². The van der Waals surface area contributed by atoms with Crippen molar-refractivity contribution in [3.8, 4) is 11.5 Å². The molecule has 4 aliphatic heterocycles. The molecule has 0 bridgehead atoms. The van der Waals surface area contributed by atoms with Crippen LogP contribution in [0.25, 0.3) is 0 Å². The number of guanidine groups is 2. The van der Waals surface area contributed by atoms with E-state index in [0.717, 1.165) is 86.7 Å². The first-order valence-electron chi connectivity index (χ1n) is 26.6. The molecule has 10 nitrogen and oxygen atoms in total. The maximum Gasteiger partial charge on any atom is 0.350 e. The quantitative estimate of drug-likeness (QED) is 0.0882. The average molecular weight is 907 g/mol. The summed E-state index contributed by atoms with van der Waals surface area (Å²) in [6.45, 7) is 25.0. The van der Waals surface area contributed by atoms with Gasteiger partial charge in [-0.1, -0.05) is 92.2 Å². The minimum Gasteiger partial charge on any atom is -0.507 e. The van der Waals surface area contributed by atoms with Gasteiger partial charge in [-0.05, 0) is 85.5 Å². The topological polar surface area (TPSA) is 84.2 Å². The summed E-state index contributed by atoms with van der Waals surface area (Å²) in [5, 5.41) is 23.3. The maximum absolute atomic E-state index is 11.6. The smallest absolute Gasteiger partial charge is 0.350 e. The highest BCUT2D eigenvalue weighted by molar-refractivity contribution is 5.86. The minimum atomic E-state index is -0.184. The van der Waals surface area contributed by atoms with Crippen molar-refractivity contribution in [2.45, 2.75) is 180 Å². The number of aromatic hydroxyl groups is 2. The molecule has 0 aromatic heterocycles. The number of hydrogen-bond donors (Lipinski definition) is 2. The summed E-state index contributed by atoms with van der Waals surface area (Å²) in [7, 11) is 4.53. The highest BCUT2D eigenvalue weighted by atomic mass is 16.3. The van der Waals surface area contributed by atoms with Crippen molar-refractivity contribution in [1.82, 2.24) is 19.6 Å². The molecule has 0 amide bonds. The lowest BCUT2D eigenvalue weighted by molar-refractivity contribution is -0.515. The Morgan fingerprint density at radius 1 is 0.530 bits per heavy atom. The Morgan fingerprint density at radius 3 is 1.33 bits per heavy atom. The lowest BCUT2D eigenvalue weighted by Gasteiger charge is -2.36. The van der Waals surface area contributed by atoms with Crippen LogP contribution < -0.4 is 0 Å². The predicted molar refractivity (Wildman–Crippen MR) is 276 cm³/mol. The molecule has 2 N–H and O–H groups in total. The highest BCUT2D eigenvalue weighted by Gasteiger charge is 2.36. The molecule has 66 heavy (non-hydrogen) atoms. The van der Waals surface area contributed by atoms with E-state index in [-0.39, 0.29) is 22.9 Å². The van der Waals surface area contributed by atoms with E-state index in [1.807, 2.05) is 12.4 Å². The molecular weight excluding hydrogens is 817 g/mol. The molecule has 364 valence electrons. The predicted octanol–water partition coefficient (Wildman–Crippen LogP) is 9.57. The van der Waals surface area contributed by atoms with E-state index in [1.165, 1.54) is 140 Å². The van der Waals surface area contributed by atoms with Gasteiger partial charge in [0.15, 0.2) is 0 Å². The fourth-order valence-electron chi connectivity index (χ4n) is 11.5. The molecule has 4 heterocycles. The Labute approximate surface area is 400 Å². The van der Waals surface area contributed by atoms with Crippen LogP contribution in [0.4, 0.5) is 0 Å². The lowest BCUT2D eigenvalue weighted by atomic mass is 9.83. The summed E-state index contributed by atoms with van der Waals surface area (Å²) in [6, 6.07) is 8.91. The fraction of sp³-hybridized carbons (Fsp3) is 0.714. The van der Waals surface area contributed by atoms with Gasteiger partial charge in [-0.3, -0.25) is 38.7 Å². The normalized spacial score (nSPS) is 21.2. The van der Waals surface area contributed by atoms with E-state index < -0.39 is 0 Å². The van der Waals surface area contributed by atoms with Gasteiger partial charge in [0.05, 0.1) is 91.6 Å². The fourth-order valence-corrected chi connectivity index (χ4v) is 11.5. The Morgan fingerprint density at radius 2 is 0.924 bits per heavy atom. The third kappa shape index (κ3) is 12.9. The van der Waals surface area contributed by atoms with Gasteiger partial charge in [-0.2, -0.15) is 0 Å². The van der Waals surface area contributed by atoms with E-state index in [9.17, 15) is 10.2 Å². The van der Waals surface area contributed by atoms with Gasteiger partial charge in [0.2, 0.25) is 0 Å².